The van der Waals surface area contributed by atoms with Crippen LogP contribution in [0.2, 0.25) is 0 Å². The standard InChI is InChI=1S/C22H22N2O5/c1-14-7-8-15(2)16(11-14)19(25)9-10-22(28)29-13-21(27)24-12-20(26)23-17-5-3-4-6-18(17)24/h3-8,11H,9-10,12-13H2,1-2H3,(H,23,26). The molecule has 29 heavy (non-hydrogen) atoms. The summed E-state index contributed by atoms with van der Waals surface area (Å²) in [6.07, 6.45) is -0.108. The number of ether oxygens (including phenoxy) is 1. The monoisotopic (exact) mass is 394 g/mol. The molecule has 0 aromatic heterocycles. The Morgan fingerprint density at radius 3 is 2.62 bits per heavy atom. The molecule has 0 aliphatic carbocycles. The van der Waals surface area contributed by atoms with E-state index in [2.05, 4.69) is 5.32 Å². The first-order valence-electron chi connectivity index (χ1n) is 9.30. The van der Waals surface area contributed by atoms with Gasteiger partial charge in [0.05, 0.1) is 17.8 Å². The third-order valence-electron chi connectivity index (χ3n) is 4.68. The molecule has 7 heteroatoms. The molecule has 1 aliphatic heterocycles. The molecule has 0 fully saturated rings. The fraction of sp³-hybridized carbons (Fsp3) is 0.273. The van der Waals surface area contributed by atoms with Crippen LogP contribution in [0.15, 0.2) is 42.5 Å². The summed E-state index contributed by atoms with van der Waals surface area (Å²) >= 11 is 0. The molecular weight excluding hydrogens is 372 g/mol. The summed E-state index contributed by atoms with van der Waals surface area (Å²) in [6, 6.07) is 12.5. The third kappa shape index (κ3) is 4.87. The largest absolute Gasteiger partial charge is 0.456 e. The molecule has 2 aromatic rings. The van der Waals surface area contributed by atoms with E-state index in [4.69, 9.17) is 4.74 Å². The number of carbonyl (C=O) groups excluding carboxylic acids is 4. The van der Waals surface area contributed by atoms with Crippen molar-refractivity contribution in [2.75, 3.05) is 23.4 Å². The van der Waals surface area contributed by atoms with E-state index >= 15 is 0 Å². The highest BCUT2D eigenvalue weighted by Gasteiger charge is 2.27. The molecule has 0 radical (unpaired) electrons. The van der Waals surface area contributed by atoms with Crippen LogP contribution in [0.25, 0.3) is 0 Å². The molecule has 0 atom stereocenters. The van der Waals surface area contributed by atoms with Crippen LogP contribution in [-0.4, -0.2) is 36.7 Å². The third-order valence-corrected chi connectivity index (χ3v) is 4.68. The van der Waals surface area contributed by atoms with Crippen molar-refractivity contribution in [3.8, 4) is 0 Å². The molecule has 3 rings (SSSR count). The number of para-hydroxylation sites is 2. The summed E-state index contributed by atoms with van der Waals surface area (Å²) in [5.41, 5.74) is 3.50. The molecule has 0 bridgehead atoms. The lowest BCUT2D eigenvalue weighted by molar-refractivity contribution is -0.147. The smallest absolute Gasteiger partial charge is 0.306 e. The zero-order valence-corrected chi connectivity index (χ0v) is 16.4. The number of nitrogens with one attached hydrogen (secondary N) is 1. The van der Waals surface area contributed by atoms with Gasteiger partial charge < -0.3 is 10.1 Å². The number of esters is 1. The van der Waals surface area contributed by atoms with Crippen LogP contribution in [0.4, 0.5) is 11.4 Å². The number of fused-ring (bicyclic) bond motifs is 1. The molecule has 1 heterocycles. The van der Waals surface area contributed by atoms with Gasteiger partial charge in [-0.05, 0) is 37.6 Å². The average Bonchev–Trinajstić information content (AvgIpc) is 2.71. The number of hydrogen-bond acceptors (Lipinski definition) is 5. The van der Waals surface area contributed by atoms with Gasteiger partial charge in [-0.2, -0.15) is 0 Å². The van der Waals surface area contributed by atoms with Crippen molar-refractivity contribution >= 4 is 34.9 Å². The summed E-state index contributed by atoms with van der Waals surface area (Å²) in [5.74, 6) is -1.59. The van der Waals surface area contributed by atoms with Gasteiger partial charge in [-0.15, -0.1) is 0 Å². The fourth-order valence-corrected chi connectivity index (χ4v) is 3.13. The average molecular weight is 394 g/mol. The van der Waals surface area contributed by atoms with Gasteiger partial charge in [-0.3, -0.25) is 24.1 Å². The first-order chi connectivity index (χ1) is 13.8. The Bertz CT molecular complexity index is 983. The van der Waals surface area contributed by atoms with Crippen LogP contribution in [0.5, 0.6) is 0 Å². The van der Waals surface area contributed by atoms with Crippen molar-refractivity contribution in [2.24, 2.45) is 0 Å². The number of hydrogen-bond donors (Lipinski definition) is 1. The van der Waals surface area contributed by atoms with E-state index in [1.807, 2.05) is 26.0 Å². The molecule has 2 aromatic carbocycles. The molecule has 0 saturated carbocycles. The number of Topliss-reactive ketones (excluding diaryl/α,β-unsaturated/α-hetero) is 1. The van der Waals surface area contributed by atoms with Crippen LogP contribution >= 0.6 is 0 Å². The summed E-state index contributed by atoms with van der Waals surface area (Å²) < 4.78 is 5.03. The van der Waals surface area contributed by atoms with Gasteiger partial charge in [0, 0.05) is 12.0 Å². The van der Waals surface area contributed by atoms with E-state index in [0.29, 0.717) is 16.9 Å². The number of rotatable bonds is 6. The quantitative estimate of drug-likeness (QED) is 0.601. The topological polar surface area (TPSA) is 92.8 Å². The minimum absolute atomic E-state index is 0.00622. The molecule has 0 spiro atoms. The molecule has 150 valence electrons. The molecule has 7 nitrogen and oxygen atoms in total. The molecule has 2 amide bonds. The van der Waals surface area contributed by atoms with Gasteiger partial charge in [0.1, 0.15) is 6.54 Å². The SMILES string of the molecule is Cc1ccc(C)c(C(=O)CCC(=O)OCC(=O)N2CC(=O)Nc3ccccc32)c1. The summed E-state index contributed by atoms with van der Waals surface area (Å²) in [7, 11) is 0. The molecule has 1 aliphatic rings. The van der Waals surface area contributed by atoms with Gasteiger partial charge in [0.15, 0.2) is 12.4 Å². The van der Waals surface area contributed by atoms with Crippen molar-refractivity contribution < 1.29 is 23.9 Å². The highest BCUT2D eigenvalue weighted by Crippen LogP contribution is 2.28. The Morgan fingerprint density at radius 2 is 1.83 bits per heavy atom. The maximum atomic E-state index is 12.5. The number of aryl methyl sites for hydroxylation is 2. The van der Waals surface area contributed by atoms with E-state index in [1.165, 1.54) is 4.90 Å². The van der Waals surface area contributed by atoms with Crippen molar-refractivity contribution in [2.45, 2.75) is 26.7 Å². The first kappa shape index (κ1) is 20.3. The van der Waals surface area contributed by atoms with Crippen molar-refractivity contribution in [1.82, 2.24) is 0 Å². The lowest BCUT2D eigenvalue weighted by atomic mass is 9.99. The van der Waals surface area contributed by atoms with E-state index in [-0.39, 0.29) is 31.1 Å². The van der Waals surface area contributed by atoms with Gasteiger partial charge >= 0.3 is 5.97 Å². The van der Waals surface area contributed by atoms with E-state index < -0.39 is 18.5 Å². The van der Waals surface area contributed by atoms with Gasteiger partial charge in [0.25, 0.3) is 5.91 Å². The predicted molar refractivity (Wildman–Crippen MR) is 108 cm³/mol. The van der Waals surface area contributed by atoms with Gasteiger partial charge in [-0.25, -0.2) is 0 Å². The highest BCUT2D eigenvalue weighted by atomic mass is 16.5. The van der Waals surface area contributed by atoms with Gasteiger partial charge in [-0.1, -0.05) is 29.8 Å². The Morgan fingerprint density at radius 1 is 1.07 bits per heavy atom. The highest BCUT2D eigenvalue weighted by molar-refractivity contribution is 6.10. The zero-order valence-electron chi connectivity index (χ0n) is 16.4. The Hall–Kier alpha value is -3.48. The summed E-state index contributed by atoms with van der Waals surface area (Å²) in [4.78, 5) is 49.9. The second-order valence-electron chi connectivity index (χ2n) is 6.95. The molecule has 0 saturated heterocycles. The maximum absolute atomic E-state index is 12.5. The zero-order chi connectivity index (χ0) is 21.0. The van der Waals surface area contributed by atoms with Crippen molar-refractivity contribution in [1.29, 1.82) is 0 Å². The first-order valence-corrected chi connectivity index (χ1v) is 9.30. The minimum atomic E-state index is -0.633. The van der Waals surface area contributed by atoms with Gasteiger partial charge in [0.2, 0.25) is 5.91 Å². The lowest BCUT2D eigenvalue weighted by Gasteiger charge is -2.28. The van der Waals surface area contributed by atoms with E-state index in [1.54, 1.807) is 30.3 Å². The van der Waals surface area contributed by atoms with Crippen LogP contribution in [0, 0.1) is 13.8 Å². The van der Waals surface area contributed by atoms with E-state index in [0.717, 1.165) is 11.1 Å². The number of anilines is 2. The van der Waals surface area contributed by atoms with Crippen LogP contribution in [-0.2, 0) is 19.1 Å². The predicted octanol–water partition coefficient (Wildman–Crippen LogP) is 2.79. The molecular formula is C22H22N2O5. The maximum Gasteiger partial charge on any atom is 0.306 e. The second kappa shape index (κ2) is 8.68. The summed E-state index contributed by atoms with van der Waals surface area (Å²) in [6.45, 7) is 3.11. The van der Waals surface area contributed by atoms with Crippen molar-refractivity contribution in [3.05, 3.63) is 59.2 Å². The molecule has 0 unspecified atom stereocenters. The van der Waals surface area contributed by atoms with Crippen molar-refractivity contribution in [3.63, 3.8) is 0 Å². The number of carbonyl (C=O) groups is 4. The number of amides is 2. The minimum Gasteiger partial charge on any atom is -0.456 e. The number of benzene rings is 2. The Labute approximate surface area is 168 Å². The lowest BCUT2D eigenvalue weighted by Crippen LogP contribution is -2.44. The second-order valence-corrected chi connectivity index (χ2v) is 6.95. The van der Waals surface area contributed by atoms with E-state index in [9.17, 15) is 19.2 Å². The van der Waals surface area contributed by atoms with Crippen LogP contribution in [0.3, 0.4) is 0 Å². The Balaban J connectivity index is 1.53. The molecule has 1 N–H and O–H groups in total. The number of nitrogens with zero attached hydrogens (tertiary/aromatic N) is 1. The normalized spacial score (nSPS) is 12.8. The Kier molecular flexibility index (Phi) is 6.07. The van der Waals surface area contributed by atoms with Crippen LogP contribution in [0.1, 0.15) is 34.3 Å². The number of ketones is 1. The van der Waals surface area contributed by atoms with Crippen LogP contribution < -0.4 is 10.2 Å². The fourth-order valence-electron chi connectivity index (χ4n) is 3.13. The summed E-state index contributed by atoms with van der Waals surface area (Å²) in [5, 5.41) is 2.69.